The largest absolute Gasteiger partial charge is 0.350 e. The molecule has 1 aromatic rings. The molecule has 0 aromatic heterocycles. The quantitative estimate of drug-likeness (QED) is 0.869. The normalized spacial score (nSPS) is 10.0. The molecule has 0 bridgehead atoms. The molecule has 17 heavy (non-hydrogen) atoms. The Balaban J connectivity index is 2.23. The number of amides is 1. The van der Waals surface area contributed by atoms with Crippen LogP contribution in [0.5, 0.6) is 0 Å². The highest BCUT2D eigenvalue weighted by Gasteiger charge is 2.02. The van der Waals surface area contributed by atoms with E-state index in [1.165, 1.54) is 11.8 Å². The molecule has 0 aliphatic carbocycles. The number of carbonyl (C=O) groups is 1. The molecule has 2 nitrogen and oxygen atoms in total. The van der Waals surface area contributed by atoms with E-state index < -0.39 is 0 Å². The molecule has 0 fully saturated rings. The average Bonchev–Trinajstić information content (AvgIpc) is 2.26. The molecule has 92 valence electrons. The molecule has 0 heterocycles. The third-order valence-electron chi connectivity index (χ3n) is 1.87. The third-order valence-corrected chi connectivity index (χ3v) is 3.24. The zero-order valence-electron chi connectivity index (χ0n) is 9.21. The molecule has 1 aromatic carbocycles. The van der Waals surface area contributed by atoms with Gasteiger partial charge in [-0.25, -0.2) is 0 Å². The number of rotatable bonds is 6. The number of nitrogens with one attached hydrogen (secondary N) is 1. The van der Waals surface area contributed by atoms with Crippen molar-refractivity contribution >= 4 is 40.9 Å². The zero-order chi connectivity index (χ0) is 12.7. The molecule has 0 radical (unpaired) electrons. The van der Waals surface area contributed by atoms with Gasteiger partial charge in [0.2, 0.25) is 5.91 Å². The van der Waals surface area contributed by atoms with Gasteiger partial charge in [0.05, 0.1) is 12.3 Å². The van der Waals surface area contributed by atoms with Gasteiger partial charge in [0.25, 0.3) is 0 Å². The molecule has 5 heteroatoms. The summed E-state index contributed by atoms with van der Waals surface area (Å²) < 4.78 is 0. The second kappa shape index (κ2) is 7.64. The van der Waals surface area contributed by atoms with Gasteiger partial charge < -0.3 is 5.32 Å². The second-order valence-corrected chi connectivity index (χ2v) is 5.37. The zero-order valence-corrected chi connectivity index (χ0v) is 11.5. The number of thioether (sulfide) groups is 1. The molecular weight excluding hydrogens is 277 g/mol. The molecule has 1 N–H and O–H groups in total. The maximum absolute atomic E-state index is 11.3. The first-order chi connectivity index (χ1) is 8.08. The Hall–Kier alpha value is -0.640. The van der Waals surface area contributed by atoms with Crippen molar-refractivity contribution < 1.29 is 4.79 Å². The Kier molecular flexibility index (Phi) is 6.48. The Morgan fingerprint density at radius 2 is 2.24 bits per heavy atom. The monoisotopic (exact) mass is 289 g/mol. The third kappa shape index (κ3) is 6.61. The summed E-state index contributed by atoms with van der Waals surface area (Å²) in [5.74, 6) is 1.12. The number of benzene rings is 1. The molecule has 0 atom stereocenters. The Morgan fingerprint density at radius 1 is 1.47 bits per heavy atom. The van der Waals surface area contributed by atoms with Gasteiger partial charge in [-0.1, -0.05) is 41.9 Å². The predicted molar refractivity (Wildman–Crippen MR) is 75.6 cm³/mol. The molecule has 0 spiro atoms. The topological polar surface area (TPSA) is 29.1 Å². The van der Waals surface area contributed by atoms with Crippen LogP contribution in [0.4, 0.5) is 0 Å². The summed E-state index contributed by atoms with van der Waals surface area (Å²) >= 11 is 12.9. The summed E-state index contributed by atoms with van der Waals surface area (Å²) in [6.45, 7) is 3.81. The van der Waals surface area contributed by atoms with Crippen molar-refractivity contribution in [2.24, 2.45) is 0 Å². The summed E-state index contributed by atoms with van der Waals surface area (Å²) in [6.07, 6.45) is 0. The lowest BCUT2D eigenvalue weighted by Crippen LogP contribution is -2.26. The fraction of sp³-hybridized carbons (Fsp3) is 0.250. The maximum Gasteiger partial charge on any atom is 0.230 e. The second-order valence-electron chi connectivity index (χ2n) is 3.42. The fourth-order valence-electron chi connectivity index (χ4n) is 1.13. The molecule has 0 saturated carbocycles. The van der Waals surface area contributed by atoms with Crippen LogP contribution < -0.4 is 5.32 Å². The van der Waals surface area contributed by atoms with Crippen molar-refractivity contribution in [2.75, 3.05) is 12.3 Å². The van der Waals surface area contributed by atoms with Gasteiger partial charge in [0.15, 0.2) is 0 Å². The molecule has 0 unspecified atom stereocenters. The minimum atomic E-state index is -0.0428. The molecule has 0 aliphatic rings. The number of halogens is 2. The number of hydrogen-bond acceptors (Lipinski definition) is 2. The molecular formula is C12H13Cl2NOS. The van der Waals surface area contributed by atoms with Crippen LogP contribution in [-0.4, -0.2) is 18.2 Å². The van der Waals surface area contributed by atoms with Crippen molar-refractivity contribution in [3.63, 3.8) is 0 Å². The van der Waals surface area contributed by atoms with Gasteiger partial charge in [0, 0.05) is 15.8 Å². The average molecular weight is 290 g/mol. The van der Waals surface area contributed by atoms with Gasteiger partial charge in [-0.2, -0.15) is 0 Å². The number of hydrogen-bond donors (Lipinski definition) is 1. The molecule has 1 rings (SSSR count). The van der Waals surface area contributed by atoms with E-state index in [-0.39, 0.29) is 5.91 Å². The highest BCUT2D eigenvalue weighted by atomic mass is 35.5. The Bertz CT molecular complexity index is 409. The first-order valence-electron chi connectivity index (χ1n) is 5.00. The fourth-order valence-corrected chi connectivity index (χ4v) is 2.22. The summed E-state index contributed by atoms with van der Waals surface area (Å²) in [6, 6.07) is 7.61. The lowest BCUT2D eigenvalue weighted by molar-refractivity contribution is -0.118. The van der Waals surface area contributed by atoms with Gasteiger partial charge in [-0.3, -0.25) is 4.79 Å². The van der Waals surface area contributed by atoms with Crippen LogP contribution in [-0.2, 0) is 10.5 Å². The predicted octanol–water partition coefficient (Wildman–Crippen LogP) is 3.44. The number of carbonyl (C=O) groups excluding carboxylic acids is 1. The minimum absolute atomic E-state index is 0.0428. The van der Waals surface area contributed by atoms with Gasteiger partial charge in [-0.15, -0.1) is 11.8 Å². The van der Waals surface area contributed by atoms with Crippen molar-refractivity contribution in [1.29, 1.82) is 0 Å². The van der Waals surface area contributed by atoms with E-state index in [2.05, 4.69) is 11.9 Å². The van der Waals surface area contributed by atoms with Crippen LogP contribution >= 0.6 is 35.0 Å². The van der Waals surface area contributed by atoms with Gasteiger partial charge >= 0.3 is 0 Å². The van der Waals surface area contributed by atoms with Crippen molar-refractivity contribution in [2.45, 2.75) is 5.75 Å². The SMILES string of the molecule is C=C(Cl)CNC(=O)CSCc1cccc(Cl)c1. The molecule has 0 saturated heterocycles. The summed E-state index contributed by atoms with van der Waals surface area (Å²) in [5, 5.41) is 3.81. The Labute approximate surface area is 115 Å². The van der Waals surface area contributed by atoms with E-state index in [1.807, 2.05) is 24.3 Å². The van der Waals surface area contributed by atoms with Crippen molar-refractivity contribution in [3.05, 3.63) is 46.5 Å². The van der Waals surface area contributed by atoms with Crippen LogP contribution in [0.3, 0.4) is 0 Å². The first-order valence-corrected chi connectivity index (χ1v) is 6.91. The summed E-state index contributed by atoms with van der Waals surface area (Å²) in [7, 11) is 0. The van der Waals surface area contributed by atoms with E-state index in [1.54, 1.807) is 0 Å². The lowest BCUT2D eigenvalue weighted by atomic mass is 10.2. The van der Waals surface area contributed by atoms with Crippen LogP contribution in [0.15, 0.2) is 35.9 Å². The molecule has 0 aliphatic heterocycles. The van der Waals surface area contributed by atoms with Gasteiger partial charge in [0.1, 0.15) is 0 Å². The standard InChI is InChI=1S/C12H13Cl2NOS/c1-9(13)6-15-12(16)8-17-7-10-3-2-4-11(14)5-10/h2-5H,1,6-8H2,(H,15,16). The maximum atomic E-state index is 11.3. The van der Waals surface area contributed by atoms with Crippen LogP contribution in [0.1, 0.15) is 5.56 Å². The van der Waals surface area contributed by atoms with E-state index >= 15 is 0 Å². The van der Waals surface area contributed by atoms with Crippen LogP contribution in [0.2, 0.25) is 5.02 Å². The van der Waals surface area contributed by atoms with E-state index in [0.717, 1.165) is 11.3 Å². The smallest absolute Gasteiger partial charge is 0.230 e. The van der Waals surface area contributed by atoms with Crippen molar-refractivity contribution in [1.82, 2.24) is 5.32 Å². The highest BCUT2D eigenvalue weighted by Crippen LogP contribution is 2.16. The van der Waals surface area contributed by atoms with Crippen LogP contribution in [0.25, 0.3) is 0 Å². The highest BCUT2D eigenvalue weighted by molar-refractivity contribution is 7.99. The summed E-state index contributed by atoms with van der Waals surface area (Å²) in [5.41, 5.74) is 1.11. The first kappa shape index (κ1) is 14.4. The minimum Gasteiger partial charge on any atom is -0.350 e. The van der Waals surface area contributed by atoms with Crippen molar-refractivity contribution in [3.8, 4) is 0 Å². The molecule has 1 amide bonds. The van der Waals surface area contributed by atoms with E-state index in [9.17, 15) is 4.79 Å². The lowest BCUT2D eigenvalue weighted by Gasteiger charge is -2.04. The van der Waals surface area contributed by atoms with E-state index in [0.29, 0.717) is 22.4 Å². The van der Waals surface area contributed by atoms with Gasteiger partial charge in [-0.05, 0) is 17.7 Å². The van der Waals surface area contributed by atoms with E-state index in [4.69, 9.17) is 23.2 Å². The Morgan fingerprint density at radius 3 is 2.88 bits per heavy atom. The van der Waals surface area contributed by atoms with Crippen LogP contribution in [0, 0.1) is 0 Å². The summed E-state index contributed by atoms with van der Waals surface area (Å²) in [4.78, 5) is 11.3.